The molecule has 0 aromatic carbocycles. The number of hydrogen-bond acceptors (Lipinski definition) is 4. The van der Waals surface area contributed by atoms with Gasteiger partial charge in [0.2, 0.25) is 0 Å². The molecule has 114 valence electrons. The first kappa shape index (κ1) is 15.4. The van der Waals surface area contributed by atoms with Crippen LogP contribution in [0.25, 0.3) is 0 Å². The quantitative estimate of drug-likeness (QED) is 0.797. The molecule has 2 N–H and O–H groups in total. The predicted molar refractivity (Wildman–Crippen MR) is 76.6 cm³/mol. The van der Waals surface area contributed by atoms with Crippen molar-refractivity contribution in [3.8, 4) is 0 Å². The van der Waals surface area contributed by atoms with E-state index in [0.717, 1.165) is 0 Å². The highest BCUT2D eigenvalue weighted by Gasteiger charge is 2.44. The number of rotatable bonds is 2. The van der Waals surface area contributed by atoms with Gasteiger partial charge >= 0.3 is 12.0 Å². The Hall–Kier alpha value is -0.950. The van der Waals surface area contributed by atoms with Crippen LogP contribution >= 0.6 is 11.8 Å². The number of carbonyl (C=O) groups is 2. The third-order valence-corrected chi connectivity index (χ3v) is 5.47. The number of carboxylic acid groups (broad SMARTS) is 1. The Kier molecular flexibility index (Phi) is 4.80. The standard InChI is InChI=1S/C13H22N2O4S/c1-8(2)11-15(10(7-20-11)12(17)18)13(19)14-5-3-9(16)4-6-14/h8-11,16H,3-7H2,1-2H3,(H,17,18). The number of piperidine rings is 1. The van der Waals surface area contributed by atoms with Gasteiger partial charge in [-0.25, -0.2) is 9.59 Å². The average Bonchev–Trinajstić information content (AvgIpc) is 2.83. The van der Waals surface area contributed by atoms with Crippen molar-refractivity contribution in [3.05, 3.63) is 0 Å². The molecular weight excluding hydrogens is 280 g/mol. The largest absolute Gasteiger partial charge is 0.480 e. The topological polar surface area (TPSA) is 81.1 Å². The highest BCUT2D eigenvalue weighted by Crippen LogP contribution is 2.35. The molecular formula is C13H22N2O4S. The van der Waals surface area contributed by atoms with Crippen molar-refractivity contribution in [1.82, 2.24) is 9.80 Å². The summed E-state index contributed by atoms with van der Waals surface area (Å²) in [6.07, 6.45) is 0.788. The van der Waals surface area contributed by atoms with Crippen LogP contribution in [0.2, 0.25) is 0 Å². The number of nitrogens with zero attached hydrogens (tertiary/aromatic N) is 2. The number of urea groups is 1. The molecule has 2 saturated heterocycles. The molecule has 0 saturated carbocycles. The number of hydrogen-bond donors (Lipinski definition) is 2. The first-order valence-electron chi connectivity index (χ1n) is 7.01. The van der Waals surface area contributed by atoms with E-state index in [-0.39, 0.29) is 23.4 Å². The second-order valence-electron chi connectivity index (χ2n) is 5.73. The van der Waals surface area contributed by atoms with Gasteiger partial charge in [-0.05, 0) is 18.8 Å². The fourth-order valence-electron chi connectivity index (χ4n) is 2.69. The van der Waals surface area contributed by atoms with Gasteiger partial charge in [0, 0.05) is 18.8 Å². The van der Waals surface area contributed by atoms with Crippen LogP contribution < -0.4 is 0 Å². The van der Waals surface area contributed by atoms with Gasteiger partial charge in [0.25, 0.3) is 0 Å². The predicted octanol–water partition coefficient (Wildman–Crippen LogP) is 1.05. The Bertz CT molecular complexity index is 383. The molecule has 2 atom stereocenters. The summed E-state index contributed by atoms with van der Waals surface area (Å²) >= 11 is 1.54. The smallest absolute Gasteiger partial charge is 0.327 e. The first-order chi connectivity index (χ1) is 9.41. The average molecular weight is 302 g/mol. The Morgan fingerprint density at radius 2 is 1.85 bits per heavy atom. The van der Waals surface area contributed by atoms with E-state index in [9.17, 15) is 19.8 Å². The zero-order valence-corrected chi connectivity index (χ0v) is 12.7. The Balaban J connectivity index is 2.12. The maximum atomic E-state index is 12.6. The number of amides is 2. The molecule has 6 nitrogen and oxygen atoms in total. The lowest BCUT2D eigenvalue weighted by atomic mass is 10.1. The molecule has 0 radical (unpaired) electrons. The minimum absolute atomic E-state index is 0.0875. The van der Waals surface area contributed by atoms with Crippen molar-refractivity contribution >= 4 is 23.8 Å². The van der Waals surface area contributed by atoms with Crippen molar-refractivity contribution in [2.24, 2.45) is 5.92 Å². The maximum Gasteiger partial charge on any atom is 0.327 e. The molecule has 2 aliphatic rings. The highest BCUT2D eigenvalue weighted by atomic mass is 32.2. The Morgan fingerprint density at radius 1 is 1.25 bits per heavy atom. The Labute approximate surface area is 123 Å². The van der Waals surface area contributed by atoms with E-state index in [0.29, 0.717) is 31.7 Å². The van der Waals surface area contributed by atoms with Crippen LogP contribution in [0.4, 0.5) is 4.79 Å². The molecule has 2 rings (SSSR count). The zero-order valence-electron chi connectivity index (χ0n) is 11.9. The number of aliphatic hydroxyl groups excluding tert-OH is 1. The monoisotopic (exact) mass is 302 g/mol. The summed E-state index contributed by atoms with van der Waals surface area (Å²) in [5.74, 6) is -0.282. The number of carboxylic acids is 1. The van der Waals surface area contributed by atoms with Gasteiger partial charge in [0.15, 0.2) is 0 Å². The van der Waals surface area contributed by atoms with Crippen molar-refractivity contribution in [3.63, 3.8) is 0 Å². The molecule has 2 fully saturated rings. The lowest BCUT2D eigenvalue weighted by molar-refractivity contribution is -0.141. The van der Waals surface area contributed by atoms with E-state index in [2.05, 4.69) is 0 Å². The fourth-order valence-corrected chi connectivity index (χ4v) is 4.16. The van der Waals surface area contributed by atoms with Gasteiger partial charge in [-0.15, -0.1) is 11.8 Å². The number of aliphatic carboxylic acids is 1. The van der Waals surface area contributed by atoms with Crippen LogP contribution in [0.15, 0.2) is 0 Å². The van der Waals surface area contributed by atoms with E-state index in [1.54, 1.807) is 4.90 Å². The summed E-state index contributed by atoms with van der Waals surface area (Å²) in [6.45, 7) is 5.00. The van der Waals surface area contributed by atoms with Crippen molar-refractivity contribution < 1.29 is 19.8 Å². The summed E-state index contributed by atoms with van der Waals surface area (Å²) < 4.78 is 0. The van der Waals surface area contributed by atoms with Crippen LogP contribution in [0, 0.1) is 5.92 Å². The molecule has 2 amide bonds. The van der Waals surface area contributed by atoms with Gasteiger partial charge in [0.05, 0.1) is 11.5 Å². The highest BCUT2D eigenvalue weighted by molar-refractivity contribution is 8.00. The number of thioether (sulfide) groups is 1. The first-order valence-corrected chi connectivity index (χ1v) is 8.06. The number of aliphatic hydroxyl groups is 1. The fraction of sp³-hybridized carbons (Fsp3) is 0.846. The van der Waals surface area contributed by atoms with Crippen molar-refractivity contribution in [2.75, 3.05) is 18.8 Å². The van der Waals surface area contributed by atoms with E-state index in [1.807, 2.05) is 13.8 Å². The molecule has 2 aliphatic heterocycles. The van der Waals surface area contributed by atoms with Crippen LogP contribution in [-0.2, 0) is 4.79 Å². The lowest BCUT2D eigenvalue weighted by Gasteiger charge is -2.37. The van der Waals surface area contributed by atoms with Crippen LogP contribution in [0.5, 0.6) is 0 Å². The van der Waals surface area contributed by atoms with Gasteiger partial charge in [-0.2, -0.15) is 0 Å². The molecule has 0 aliphatic carbocycles. The summed E-state index contributed by atoms with van der Waals surface area (Å²) in [7, 11) is 0. The van der Waals surface area contributed by atoms with Crippen LogP contribution in [-0.4, -0.2) is 68.4 Å². The van der Waals surface area contributed by atoms with E-state index in [4.69, 9.17) is 0 Å². The summed E-state index contributed by atoms with van der Waals surface area (Å²) in [6, 6.07) is -0.945. The van der Waals surface area contributed by atoms with E-state index < -0.39 is 12.0 Å². The molecule has 0 spiro atoms. The van der Waals surface area contributed by atoms with Crippen molar-refractivity contribution in [1.29, 1.82) is 0 Å². The SMILES string of the molecule is CC(C)C1SCC(C(=O)O)N1C(=O)N1CCC(O)CC1. The molecule has 0 bridgehead atoms. The van der Waals surface area contributed by atoms with E-state index in [1.165, 1.54) is 16.7 Å². The van der Waals surface area contributed by atoms with Crippen LogP contribution in [0.3, 0.4) is 0 Å². The van der Waals surface area contributed by atoms with Crippen molar-refractivity contribution in [2.45, 2.75) is 44.2 Å². The second kappa shape index (κ2) is 6.22. The molecule has 7 heteroatoms. The maximum absolute atomic E-state index is 12.6. The summed E-state index contributed by atoms with van der Waals surface area (Å²) in [5, 5.41) is 18.7. The number of carbonyl (C=O) groups excluding carboxylic acids is 1. The normalized spacial score (nSPS) is 28.2. The third kappa shape index (κ3) is 3.03. The Morgan fingerprint density at radius 3 is 2.35 bits per heavy atom. The minimum Gasteiger partial charge on any atom is -0.480 e. The summed E-state index contributed by atoms with van der Waals surface area (Å²) in [5.41, 5.74) is 0. The minimum atomic E-state index is -0.939. The molecule has 2 unspecified atom stereocenters. The van der Waals surface area contributed by atoms with Gasteiger partial charge in [0.1, 0.15) is 6.04 Å². The van der Waals surface area contributed by atoms with E-state index >= 15 is 0 Å². The third-order valence-electron chi connectivity index (χ3n) is 3.85. The van der Waals surface area contributed by atoms with Gasteiger partial charge in [-0.1, -0.05) is 13.8 Å². The molecule has 0 aromatic rings. The summed E-state index contributed by atoms with van der Waals surface area (Å²) in [4.78, 5) is 27.2. The zero-order chi connectivity index (χ0) is 14.9. The number of likely N-dealkylation sites (tertiary alicyclic amines) is 1. The molecule has 2 heterocycles. The van der Waals surface area contributed by atoms with Crippen LogP contribution in [0.1, 0.15) is 26.7 Å². The van der Waals surface area contributed by atoms with Gasteiger partial charge in [-0.3, -0.25) is 4.90 Å². The second-order valence-corrected chi connectivity index (χ2v) is 6.88. The lowest BCUT2D eigenvalue weighted by Crippen LogP contribution is -2.54. The van der Waals surface area contributed by atoms with Gasteiger partial charge < -0.3 is 15.1 Å². The molecule has 0 aromatic heterocycles. The molecule has 20 heavy (non-hydrogen) atoms.